The van der Waals surface area contributed by atoms with Gasteiger partial charge in [0.2, 0.25) is 0 Å². The molecule has 0 unspecified atom stereocenters. The number of carboxylic acid groups (broad SMARTS) is 1. The maximum absolute atomic E-state index is 10.8. The summed E-state index contributed by atoms with van der Waals surface area (Å²) in [5.74, 6) is -0.223. The van der Waals surface area contributed by atoms with Gasteiger partial charge in [0.25, 0.3) is 0 Å². The van der Waals surface area contributed by atoms with Crippen LogP contribution in [0.15, 0.2) is 42.5 Å². The zero-order valence-electron chi connectivity index (χ0n) is 23.7. The number of carboxylic acids is 1. The van der Waals surface area contributed by atoms with E-state index in [2.05, 4.69) is 58.0 Å². The molecular weight excluding hydrogens is 464 g/mol. The number of aliphatic hydroxyl groups is 2. The van der Waals surface area contributed by atoms with Crippen LogP contribution in [0, 0.1) is 13.8 Å². The van der Waals surface area contributed by atoms with Crippen molar-refractivity contribution in [2.24, 2.45) is 0 Å². The van der Waals surface area contributed by atoms with Gasteiger partial charge in [0.1, 0.15) is 12.4 Å². The molecule has 0 saturated carbocycles. The summed E-state index contributed by atoms with van der Waals surface area (Å²) in [6.45, 7) is 14.8. The van der Waals surface area contributed by atoms with Crippen molar-refractivity contribution in [3.05, 3.63) is 70.3 Å². The SMILES string of the molecule is CCC(O)(/C=C(\C)c1ccc(C(CC)(CC)c2ccc(OC[C@@H](O)CCC(=O)O)c(C)c2)cc1C)CC. The van der Waals surface area contributed by atoms with Crippen LogP contribution in [0.3, 0.4) is 0 Å². The van der Waals surface area contributed by atoms with Crippen molar-refractivity contribution in [3.63, 3.8) is 0 Å². The third kappa shape index (κ3) is 7.45. The van der Waals surface area contributed by atoms with Crippen LogP contribution in [0.1, 0.15) is 101 Å². The molecule has 0 aliphatic carbocycles. The lowest BCUT2D eigenvalue weighted by molar-refractivity contribution is -0.137. The van der Waals surface area contributed by atoms with E-state index in [4.69, 9.17) is 9.84 Å². The monoisotopic (exact) mass is 510 g/mol. The Balaban J connectivity index is 2.35. The van der Waals surface area contributed by atoms with Gasteiger partial charge in [-0.05, 0) is 98.4 Å². The Kier molecular flexibility index (Phi) is 11.0. The molecule has 0 saturated heterocycles. The van der Waals surface area contributed by atoms with Gasteiger partial charge >= 0.3 is 5.97 Å². The molecule has 3 N–H and O–H groups in total. The van der Waals surface area contributed by atoms with E-state index >= 15 is 0 Å². The van der Waals surface area contributed by atoms with Crippen molar-refractivity contribution in [2.75, 3.05) is 6.61 Å². The van der Waals surface area contributed by atoms with Crippen LogP contribution in [0.5, 0.6) is 5.75 Å². The second-order valence-electron chi connectivity index (χ2n) is 10.3. The van der Waals surface area contributed by atoms with Gasteiger partial charge in [-0.1, -0.05) is 58.0 Å². The summed E-state index contributed by atoms with van der Waals surface area (Å²) in [5.41, 5.74) is 5.99. The van der Waals surface area contributed by atoms with E-state index < -0.39 is 17.7 Å². The highest BCUT2D eigenvalue weighted by Gasteiger charge is 2.31. The van der Waals surface area contributed by atoms with Gasteiger partial charge in [-0.15, -0.1) is 0 Å². The number of allylic oxidation sites excluding steroid dienone is 1. The number of ether oxygens (including phenoxy) is 1. The number of benzene rings is 2. The van der Waals surface area contributed by atoms with Crippen LogP contribution in [-0.2, 0) is 10.2 Å². The lowest BCUT2D eigenvalue weighted by Crippen LogP contribution is -2.26. The summed E-state index contributed by atoms with van der Waals surface area (Å²) < 4.78 is 5.82. The summed E-state index contributed by atoms with van der Waals surface area (Å²) in [4.78, 5) is 10.7. The number of aryl methyl sites for hydroxylation is 2. The highest BCUT2D eigenvalue weighted by molar-refractivity contribution is 5.68. The minimum Gasteiger partial charge on any atom is -0.491 e. The van der Waals surface area contributed by atoms with E-state index in [1.54, 1.807) is 0 Å². The molecule has 2 rings (SSSR count). The second kappa shape index (κ2) is 13.3. The quantitative estimate of drug-likeness (QED) is 0.255. The van der Waals surface area contributed by atoms with E-state index in [1.165, 1.54) is 16.7 Å². The zero-order valence-corrected chi connectivity index (χ0v) is 23.7. The molecule has 0 fully saturated rings. The van der Waals surface area contributed by atoms with E-state index in [9.17, 15) is 15.0 Å². The van der Waals surface area contributed by atoms with Crippen LogP contribution in [0.2, 0.25) is 0 Å². The third-order valence-corrected chi connectivity index (χ3v) is 7.97. The molecule has 1 atom stereocenters. The largest absolute Gasteiger partial charge is 0.491 e. The summed E-state index contributed by atoms with van der Waals surface area (Å²) in [5, 5.41) is 29.6. The van der Waals surface area contributed by atoms with Crippen molar-refractivity contribution in [3.8, 4) is 5.75 Å². The van der Waals surface area contributed by atoms with Crippen molar-refractivity contribution in [1.29, 1.82) is 0 Å². The minimum atomic E-state index is -0.923. The van der Waals surface area contributed by atoms with Gasteiger partial charge < -0.3 is 20.1 Å². The first-order chi connectivity index (χ1) is 17.4. The third-order valence-electron chi connectivity index (χ3n) is 7.97. The molecule has 204 valence electrons. The predicted molar refractivity (Wildman–Crippen MR) is 151 cm³/mol. The molecule has 0 aromatic heterocycles. The molecule has 0 aliphatic rings. The Hall–Kier alpha value is -2.63. The number of aliphatic carboxylic acids is 1. The van der Waals surface area contributed by atoms with Crippen LogP contribution in [-0.4, -0.2) is 39.6 Å². The number of aliphatic hydroxyl groups excluding tert-OH is 1. The van der Waals surface area contributed by atoms with Crippen LogP contribution in [0.4, 0.5) is 0 Å². The normalized spacial score (nSPS) is 13.5. The van der Waals surface area contributed by atoms with Gasteiger partial charge in [-0.25, -0.2) is 0 Å². The highest BCUT2D eigenvalue weighted by atomic mass is 16.5. The molecule has 0 amide bonds. The molecule has 2 aromatic rings. The summed E-state index contributed by atoms with van der Waals surface area (Å²) in [6.07, 6.45) is 4.53. The lowest BCUT2D eigenvalue weighted by atomic mass is 9.69. The average molecular weight is 511 g/mol. The fourth-order valence-corrected chi connectivity index (χ4v) is 5.24. The topological polar surface area (TPSA) is 87.0 Å². The highest BCUT2D eigenvalue weighted by Crippen LogP contribution is 2.41. The minimum absolute atomic E-state index is 0.0683. The Morgan fingerprint density at radius 1 is 0.946 bits per heavy atom. The molecule has 0 heterocycles. The summed E-state index contributed by atoms with van der Waals surface area (Å²) in [6, 6.07) is 12.9. The molecule has 0 spiro atoms. The van der Waals surface area contributed by atoms with E-state index in [0.29, 0.717) is 18.6 Å². The number of hydrogen-bond donors (Lipinski definition) is 3. The first-order valence-corrected chi connectivity index (χ1v) is 13.6. The Morgan fingerprint density at radius 2 is 1.51 bits per heavy atom. The van der Waals surface area contributed by atoms with Gasteiger partial charge in [-0.2, -0.15) is 0 Å². The van der Waals surface area contributed by atoms with Gasteiger partial charge in [-0.3, -0.25) is 4.79 Å². The molecule has 5 nitrogen and oxygen atoms in total. The summed E-state index contributed by atoms with van der Waals surface area (Å²) in [7, 11) is 0. The fraction of sp³-hybridized carbons (Fsp3) is 0.531. The molecule has 2 aromatic carbocycles. The average Bonchev–Trinajstić information content (AvgIpc) is 2.87. The molecule has 0 radical (unpaired) electrons. The standard InChI is InChI=1S/C32H46O5/c1-8-31(36,9-2)20-24(7)28-15-12-25(18-22(28)5)32(10-3,11-4)26-13-16-29(23(6)19-26)37-21-27(33)14-17-30(34)35/h12-13,15-16,18-20,27,33,36H,8-11,14,17,21H2,1-7H3,(H,34,35)/b24-20+/t27-/m0/s1. The van der Waals surface area contributed by atoms with Crippen LogP contribution in [0.25, 0.3) is 5.57 Å². The maximum Gasteiger partial charge on any atom is 0.303 e. The van der Waals surface area contributed by atoms with Crippen molar-refractivity contribution in [2.45, 2.75) is 104 Å². The van der Waals surface area contributed by atoms with Crippen molar-refractivity contribution >= 4 is 11.5 Å². The number of carbonyl (C=O) groups is 1. The fourth-order valence-electron chi connectivity index (χ4n) is 5.24. The predicted octanol–water partition coefficient (Wildman–Crippen LogP) is 6.97. The van der Waals surface area contributed by atoms with E-state index in [1.807, 2.05) is 32.9 Å². The Labute approximate surface area is 223 Å². The first-order valence-electron chi connectivity index (χ1n) is 13.6. The van der Waals surface area contributed by atoms with Crippen LogP contribution >= 0.6 is 0 Å². The molecule has 0 aliphatic heterocycles. The van der Waals surface area contributed by atoms with Crippen molar-refractivity contribution < 1.29 is 24.9 Å². The smallest absolute Gasteiger partial charge is 0.303 e. The molecule has 0 bridgehead atoms. The Bertz CT molecular complexity index is 1080. The second-order valence-corrected chi connectivity index (χ2v) is 10.3. The molecule has 5 heteroatoms. The zero-order chi connectivity index (χ0) is 27.8. The number of rotatable bonds is 14. The van der Waals surface area contributed by atoms with E-state index in [0.717, 1.165) is 29.5 Å². The molecular formula is C32H46O5. The maximum atomic E-state index is 10.8. The van der Waals surface area contributed by atoms with Crippen molar-refractivity contribution in [1.82, 2.24) is 0 Å². The summed E-state index contributed by atoms with van der Waals surface area (Å²) >= 11 is 0. The van der Waals surface area contributed by atoms with Gasteiger partial charge in [0.05, 0.1) is 11.7 Å². The first kappa shape index (κ1) is 30.6. The van der Waals surface area contributed by atoms with Crippen LogP contribution < -0.4 is 4.74 Å². The van der Waals surface area contributed by atoms with Gasteiger partial charge in [0.15, 0.2) is 0 Å². The number of hydrogen-bond acceptors (Lipinski definition) is 4. The van der Waals surface area contributed by atoms with Gasteiger partial charge in [0, 0.05) is 11.8 Å². The van der Waals surface area contributed by atoms with E-state index in [-0.39, 0.29) is 24.9 Å². The Morgan fingerprint density at radius 3 is 2.00 bits per heavy atom. The lowest BCUT2D eigenvalue weighted by Gasteiger charge is -2.34. The molecule has 37 heavy (non-hydrogen) atoms.